The van der Waals surface area contributed by atoms with Gasteiger partial charge < -0.3 is 19.5 Å². The second-order valence-corrected chi connectivity index (χ2v) is 5.83. The molecule has 0 aliphatic carbocycles. The van der Waals surface area contributed by atoms with Crippen LogP contribution >= 0.6 is 0 Å². The van der Waals surface area contributed by atoms with Crippen LogP contribution in [0.5, 0.6) is 11.5 Å². The molecule has 1 N–H and O–H groups in total. The van der Waals surface area contributed by atoms with Crippen LogP contribution in [0.1, 0.15) is 31.4 Å². The van der Waals surface area contributed by atoms with Crippen LogP contribution in [0, 0.1) is 0 Å². The van der Waals surface area contributed by atoms with Crippen molar-refractivity contribution in [3.8, 4) is 11.5 Å². The highest BCUT2D eigenvalue weighted by molar-refractivity contribution is 5.90. The fourth-order valence-corrected chi connectivity index (χ4v) is 2.64. The van der Waals surface area contributed by atoms with Crippen LogP contribution in [0.2, 0.25) is 0 Å². The average Bonchev–Trinajstić information content (AvgIpc) is 2.63. The van der Waals surface area contributed by atoms with Gasteiger partial charge in [0, 0.05) is 19.2 Å². The van der Waals surface area contributed by atoms with Crippen LogP contribution in [0.4, 0.5) is 5.69 Å². The van der Waals surface area contributed by atoms with E-state index in [-0.39, 0.29) is 5.91 Å². The minimum atomic E-state index is -0.0218. The van der Waals surface area contributed by atoms with Gasteiger partial charge in [-0.3, -0.25) is 4.79 Å². The summed E-state index contributed by atoms with van der Waals surface area (Å²) >= 11 is 0. The molecule has 0 saturated carbocycles. The number of hydrogen-bond donors (Lipinski definition) is 1. The zero-order chi connectivity index (χ0) is 18.8. The van der Waals surface area contributed by atoms with Crippen molar-refractivity contribution < 1.29 is 19.0 Å². The molecular weight excluding hydrogens is 330 g/mol. The number of carbonyl (C=O) groups excluding carboxylic acids is 1. The number of amides is 1. The molecule has 2 rings (SSSR count). The van der Waals surface area contributed by atoms with E-state index in [9.17, 15) is 4.79 Å². The number of ether oxygens (including phenoxy) is 3. The van der Waals surface area contributed by atoms with Crippen molar-refractivity contribution in [1.29, 1.82) is 0 Å². The third-order valence-corrected chi connectivity index (χ3v) is 3.77. The van der Waals surface area contributed by atoms with Gasteiger partial charge in [-0.1, -0.05) is 18.2 Å². The third kappa shape index (κ3) is 6.08. The van der Waals surface area contributed by atoms with Gasteiger partial charge in [-0.15, -0.1) is 0 Å². The lowest BCUT2D eigenvalue weighted by Crippen LogP contribution is -2.12. The molecule has 0 atom stereocenters. The number of benzene rings is 2. The van der Waals surface area contributed by atoms with Crippen molar-refractivity contribution in [2.45, 2.75) is 33.3 Å². The molecule has 1 amide bonds. The molecule has 0 aliphatic rings. The fourth-order valence-electron chi connectivity index (χ4n) is 2.64. The summed E-state index contributed by atoms with van der Waals surface area (Å²) in [5.74, 6) is 1.43. The lowest BCUT2D eigenvalue weighted by Gasteiger charge is -2.12. The van der Waals surface area contributed by atoms with E-state index in [0.717, 1.165) is 28.3 Å². The summed E-state index contributed by atoms with van der Waals surface area (Å²) in [6.45, 7) is 5.56. The summed E-state index contributed by atoms with van der Waals surface area (Å²) in [5, 5.41) is 2.93. The molecule has 0 bridgehead atoms. The summed E-state index contributed by atoms with van der Waals surface area (Å²) < 4.78 is 16.3. The molecule has 0 aromatic heterocycles. The van der Waals surface area contributed by atoms with Crippen molar-refractivity contribution in [2.24, 2.45) is 0 Å². The van der Waals surface area contributed by atoms with E-state index in [4.69, 9.17) is 14.2 Å². The Morgan fingerprint density at radius 2 is 1.73 bits per heavy atom. The topological polar surface area (TPSA) is 56.8 Å². The van der Waals surface area contributed by atoms with Crippen LogP contribution in [-0.4, -0.2) is 26.2 Å². The van der Waals surface area contributed by atoms with Gasteiger partial charge in [0.2, 0.25) is 5.91 Å². The van der Waals surface area contributed by atoms with Gasteiger partial charge in [0.25, 0.3) is 0 Å². The minimum Gasteiger partial charge on any atom is -0.490 e. The summed E-state index contributed by atoms with van der Waals surface area (Å²) in [7, 11) is 1.65. The van der Waals surface area contributed by atoms with Gasteiger partial charge in [-0.25, -0.2) is 0 Å². The van der Waals surface area contributed by atoms with Crippen molar-refractivity contribution in [3.05, 3.63) is 53.6 Å². The maximum absolute atomic E-state index is 12.2. The van der Waals surface area contributed by atoms with Gasteiger partial charge in [0.05, 0.1) is 19.8 Å². The third-order valence-electron chi connectivity index (χ3n) is 3.77. The molecule has 5 heteroatoms. The van der Waals surface area contributed by atoms with E-state index in [1.54, 1.807) is 7.11 Å². The van der Waals surface area contributed by atoms with E-state index in [2.05, 4.69) is 5.32 Å². The maximum Gasteiger partial charge on any atom is 0.224 e. The maximum atomic E-state index is 12.2. The van der Waals surface area contributed by atoms with Gasteiger partial charge in [-0.05, 0) is 55.7 Å². The Morgan fingerprint density at radius 3 is 2.46 bits per heavy atom. The molecule has 0 heterocycles. The van der Waals surface area contributed by atoms with Gasteiger partial charge in [0.1, 0.15) is 0 Å². The molecule has 2 aromatic carbocycles. The van der Waals surface area contributed by atoms with Crippen molar-refractivity contribution in [2.75, 3.05) is 25.6 Å². The zero-order valence-corrected chi connectivity index (χ0v) is 15.7. The second-order valence-electron chi connectivity index (χ2n) is 5.83. The lowest BCUT2D eigenvalue weighted by atomic mass is 10.1. The van der Waals surface area contributed by atoms with Crippen LogP contribution < -0.4 is 14.8 Å². The molecule has 0 spiro atoms. The Balaban J connectivity index is 1.94. The number of anilines is 1. The normalized spacial score (nSPS) is 10.4. The predicted molar refractivity (Wildman–Crippen MR) is 103 cm³/mol. The number of nitrogens with one attached hydrogen (secondary N) is 1. The highest BCUT2D eigenvalue weighted by Gasteiger charge is 2.08. The van der Waals surface area contributed by atoms with Gasteiger partial charge >= 0.3 is 0 Å². The van der Waals surface area contributed by atoms with Crippen molar-refractivity contribution >= 4 is 11.6 Å². The van der Waals surface area contributed by atoms with Crippen LogP contribution in [0.15, 0.2) is 42.5 Å². The Kier molecular flexibility index (Phi) is 7.96. The van der Waals surface area contributed by atoms with Crippen LogP contribution in [-0.2, 0) is 22.6 Å². The molecule has 0 radical (unpaired) electrons. The van der Waals surface area contributed by atoms with Gasteiger partial charge in [0.15, 0.2) is 11.5 Å². The monoisotopic (exact) mass is 357 g/mol. The Hall–Kier alpha value is -2.53. The van der Waals surface area contributed by atoms with Gasteiger partial charge in [-0.2, -0.15) is 0 Å². The Morgan fingerprint density at radius 1 is 0.962 bits per heavy atom. The molecule has 140 valence electrons. The quantitative estimate of drug-likeness (QED) is 0.692. The summed E-state index contributed by atoms with van der Waals surface area (Å²) in [6.07, 6.45) is 1.03. The molecule has 0 fully saturated rings. The van der Waals surface area contributed by atoms with E-state index in [1.807, 2.05) is 56.3 Å². The zero-order valence-electron chi connectivity index (χ0n) is 15.7. The molecule has 0 unspecified atom stereocenters. The summed E-state index contributed by atoms with van der Waals surface area (Å²) in [5.41, 5.74) is 2.85. The molecular formula is C21H27NO4. The smallest absolute Gasteiger partial charge is 0.224 e. The number of aryl methyl sites for hydroxylation is 1. The number of methoxy groups -OCH3 is 1. The number of rotatable bonds is 10. The number of carbonyl (C=O) groups is 1. The first kappa shape index (κ1) is 19.8. The predicted octanol–water partition coefficient (Wildman–Crippen LogP) is 4.20. The SMILES string of the molecule is CCOc1ccc(CCC(=O)Nc2cccc(COC)c2)cc1OCC. The second kappa shape index (κ2) is 10.5. The molecule has 0 aliphatic heterocycles. The summed E-state index contributed by atoms with van der Waals surface area (Å²) in [4.78, 5) is 12.2. The highest BCUT2D eigenvalue weighted by atomic mass is 16.5. The first-order valence-corrected chi connectivity index (χ1v) is 8.92. The highest BCUT2D eigenvalue weighted by Crippen LogP contribution is 2.29. The van der Waals surface area contributed by atoms with Crippen molar-refractivity contribution in [1.82, 2.24) is 0 Å². The van der Waals surface area contributed by atoms with E-state index in [1.165, 1.54) is 0 Å². The Bertz CT molecular complexity index is 715. The lowest BCUT2D eigenvalue weighted by molar-refractivity contribution is -0.116. The summed E-state index contributed by atoms with van der Waals surface area (Å²) in [6, 6.07) is 13.5. The fraction of sp³-hybridized carbons (Fsp3) is 0.381. The minimum absolute atomic E-state index is 0.0218. The van der Waals surface area contributed by atoms with E-state index in [0.29, 0.717) is 32.7 Å². The first-order chi connectivity index (χ1) is 12.7. The van der Waals surface area contributed by atoms with Crippen molar-refractivity contribution in [3.63, 3.8) is 0 Å². The molecule has 2 aromatic rings. The van der Waals surface area contributed by atoms with Crippen LogP contribution in [0.25, 0.3) is 0 Å². The average molecular weight is 357 g/mol. The van der Waals surface area contributed by atoms with E-state index >= 15 is 0 Å². The largest absolute Gasteiger partial charge is 0.490 e. The van der Waals surface area contributed by atoms with Crippen LogP contribution in [0.3, 0.4) is 0 Å². The number of hydrogen-bond acceptors (Lipinski definition) is 4. The van der Waals surface area contributed by atoms with E-state index < -0.39 is 0 Å². The first-order valence-electron chi connectivity index (χ1n) is 8.92. The molecule has 26 heavy (non-hydrogen) atoms. The standard InChI is InChI=1S/C21H27NO4/c1-4-25-19-11-9-16(14-20(19)26-5-2)10-12-21(23)22-18-8-6-7-17(13-18)15-24-3/h6-9,11,13-14H,4-5,10,12,15H2,1-3H3,(H,22,23). The molecule has 0 saturated heterocycles. The molecule has 5 nitrogen and oxygen atoms in total. The Labute approximate surface area is 155 Å².